The lowest BCUT2D eigenvalue weighted by Crippen LogP contribution is -2.49. The van der Waals surface area contributed by atoms with E-state index in [2.05, 4.69) is 75.4 Å². The van der Waals surface area contributed by atoms with Crippen LogP contribution in [0.1, 0.15) is 15.9 Å². The van der Waals surface area contributed by atoms with Crippen LogP contribution in [0.3, 0.4) is 0 Å². The van der Waals surface area contributed by atoms with E-state index in [4.69, 9.17) is 5.10 Å². The molecule has 0 bridgehead atoms. The van der Waals surface area contributed by atoms with Gasteiger partial charge in [0.1, 0.15) is 5.82 Å². The smallest absolute Gasteiger partial charge is 0.267 e. The minimum Gasteiger partial charge on any atom is -0.267 e. The number of rotatable bonds is 8. The fourth-order valence-corrected chi connectivity index (χ4v) is 7.11. The SMILES string of the molecule is O=C(NN(/C(=N\Nc1ccccn1)c1ccccc1P(c1ccccc1)c1ccccc1)c1ccccn1)c1ccccc1. The second-order valence-corrected chi connectivity index (χ2v) is 11.8. The monoisotopic (exact) mass is 592 g/mol. The second-order valence-electron chi connectivity index (χ2n) is 9.62. The van der Waals surface area contributed by atoms with Gasteiger partial charge >= 0.3 is 0 Å². The van der Waals surface area contributed by atoms with Gasteiger partial charge in [0, 0.05) is 23.5 Å². The third-order valence-corrected chi connectivity index (χ3v) is 9.20. The number of aromatic nitrogens is 2. The summed E-state index contributed by atoms with van der Waals surface area (Å²) in [5.74, 6) is 1.21. The van der Waals surface area contributed by atoms with Crippen molar-refractivity contribution in [2.45, 2.75) is 0 Å². The molecule has 4 aromatic carbocycles. The highest BCUT2D eigenvalue weighted by atomic mass is 31.1. The number of benzene rings is 4. The largest absolute Gasteiger partial charge is 0.270 e. The lowest BCUT2D eigenvalue weighted by atomic mass is 10.2. The standard InChI is InChI=1S/C36H29N6OP/c43-36(28-16-4-1-5-17-28)41-42(34-25-13-15-27-38-34)35(40-39-33-24-12-14-26-37-33)31-22-10-11-23-32(31)44(29-18-6-2-7-19-29)30-20-8-3-9-21-30/h1-27H,(H,37,39)(H,41,43)/b40-35-. The molecule has 0 unspecified atom stereocenters. The molecule has 0 aliphatic carbocycles. The van der Waals surface area contributed by atoms with Gasteiger partial charge in [-0.25, -0.2) is 15.0 Å². The number of anilines is 2. The van der Waals surface area contributed by atoms with E-state index >= 15 is 0 Å². The van der Waals surface area contributed by atoms with E-state index in [1.165, 1.54) is 10.6 Å². The number of hydrogen-bond donors (Lipinski definition) is 2. The van der Waals surface area contributed by atoms with Gasteiger partial charge in [-0.05, 0) is 60.2 Å². The highest BCUT2D eigenvalue weighted by molar-refractivity contribution is 7.80. The van der Waals surface area contributed by atoms with Crippen LogP contribution >= 0.6 is 7.92 Å². The zero-order valence-corrected chi connectivity index (χ0v) is 24.6. The Morgan fingerprint density at radius 2 is 1.18 bits per heavy atom. The summed E-state index contributed by atoms with van der Waals surface area (Å²) in [5.41, 5.74) is 7.53. The van der Waals surface area contributed by atoms with E-state index in [9.17, 15) is 4.79 Å². The zero-order valence-electron chi connectivity index (χ0n) is 23.7. The number of pyridine rings is 2. The minimum atomic E-state index is -1.01. The van der Waals surface area contributed by atoms with Crippen molar-refractivity contribution in [3.05, 3.63) is 175 Å². The van der Waals surface area contributed by atoms with Crippen molar-refractivity contribution in [1.29, 1.82) is 0 Å². The summed E-state index contributed by atoms with van der Waals surface area (Å²) < 4.78 is 0. The Hall–Kier alpha value is -5.65. The average Bonchev–Trinajstić information content (AvgIpc) is 3.10. The van der Waals surface area contributed by atoms with Crippen LogP contribution in [-0.2, 0) is 0 Å². The lowest BCUT2D eigenvalue weighted by molar-refractivity contribution is 0.0954. The number of amides is 1. The molecular weight excluding hydrogens is 563 g/mol. The van der Waals surface area contributed by atoms with E-state index in [0.717, 1.165) is 10.9 Å². The first-order valence-electron chi connectivity index (χ1n) is 14.1. The summed E-state index contributed by atoms with van der Waals surface area (Å²) in [7, 11) is -1.01. The van der Waals surface area contributed by atoms with E-state index < -0.39 is 7.92 Å². The number of hydrazine groups is 1. The molecule has 0 saturated carbocycles. The third kappa shape index (κ3) is 6.70. The van der Waals surface area contributed by atoms with Crippen molar-refractivity contribution in [2.75, 3.05) is 10.4 Å². The summed E-state index contributed by atoms with van der Waals surface area (Å²) in [4.78, 5) is 22.6. The summed E-state index contributed by atoms with van der Waals surface area (Å²) in [6.07, 6.45) is 3.39. The molecular formula is C36H29N6OP. The molecule has 2 N–H and O–H groups in total. The Morgan fingerprint density at radius 3 is 1.80 bits per heavy atom. The maximum absolute atomic E-state index is 13.6. The van der Waals surface area contributed by atoms with E-state index in [0.29, 0.717) is 23.0 Å². The van der Waals surface area contributed by atoms with Gasteiger partial charge in [0.2, 0.25) is 0 Å². The van der Waals surface area contributed by atoms with Crippen LogP contribution in [0.2, 0.25) is 0 Å². The molecule has 0 saturated heterocycles. The summed E-state index contributed by atoms with van der Waals surface area (Å²) in [6, 6.07) is 49.3. The Labute approximate surface area is 257 Å². The van der Waals surface area contributed by atoms with Crippen LogP contribution in [0.25, 0.3) is 0 Å². The third-order valence-electron chi connectivity index (χ3n) is 6.70. The predicted octanol–water partition coefficient (Wildman–Crippen LogP) is 5.86. The number of carbonyl (C=O) groups excluding carboxylic acids is 1. The number of hydrazone groups is 1. The lowest BCUT2D eigenvalue weighted by Gasteiger charge is -2.29. The fourth-order valence-electron chi connectivity index (χ4n) is 4.67. The number of nitrogens with zero attached hydrogens (tertiary/aromatic N) is 4. The minimum absolute atomic E-state index is 0.298. The van der Waals surface area contributed by atoms with E-state index in [1.807, 2.05) is 84.9 Å². The topological polar surface area (TPSA) is 82.5 Å². The van der Waals surface area contributed by atoms with Crippen LogP contribution in [0.5, 0.6) is 0 Å². The average molecular weight is 593 g/mol. The predicted molar refractivity (Wildman–Crippen MR) is 180 cm³/mol. The second kappa shape index (κ2) is 14.0. The van der Waals surface area contributed by atoms with Gasteiger partial charge in [-0.3, -0.25) is 15.6 Å². The molecule has 8 heteroatoms. The Bertz CT molecular complexity index is 1780. The van der Waals surface area contributed by atoms with Gasteiger partial charge in [0.05, 0.1) is 0 Å². The molecule has 6 aromatic rings. The van der Waals surface area contributed by atoms with Crippen molar-refractivity contribution in [3.63, 3.8) is 0 Å². The summed E-state index contributed by atoms with van der Waals surface area (Å²) in [5, 5.41) is 9.98. The van der Waals surface area contributed by atoms with Gasteiger partial charge in [-0.15, -0.1) is 0 Å². The molecule has 0 fully saturated rings. The first kappa shape index (κ1) is 28.5. The molecule has 44 heavy (non-hydrogen) atoms. The quantitative estimate of drug-likeness (QED) is 0.100. The number of carbonyl (C=O) groups is 1. The van der Waals surface area contributed by atoms with E-state index in [1.54, 1.807) is 29.5 Å². The van der Waals surface area contributed by atoms with Crippen molar-refractivity contribution in [3.8, 4) is 0 Å². The highest BCUT2D eigenvalue weighted by Gasteiger charge is 2.27. The van der Waals surface area contributed by atoms with Crippen molar-refractivity contribution < 1.29 is 4.79 Å². The molecule has 214 valence electrons. The Morgan fingerprint density at radius 1 is 0.614 bits per heavy atom. The molecule has 0 atom stereocenters. The zero-order chi connectivity index (χ0) is 30.0. The molecule has 2 heterocycles. The molecule has 2 aromatic heterocycles. The molecule has 7 nitrogen and oxygen atoms in total. The van der Waals surface area contributed by atoms with Crippen LogP contribution in [0.15, 0.2) is 169 Å². The van der Waals surface area contributed by atoms with Crippen molar-refractivity contribution in [2.24, 2.45) is 5.10 Å². The Balaban J connectivity index is 1.54. The maximum Gasteiger partial charge on any atom is 0.270 e. The highest BCUT2D eigenvalue weighted by Crippen LogP contribution is 2.34. The normalized spacial score (nSPS) is 11.2. The molecule has 6 rings (SSSR count). The number of amidine groups is 1. The van der Waals surface area contributed by atoms with Crippen LogP contribution in [0.4, 0.5) is 11.6 Å². The van der Waals surface area contributed by atoms with Crippen LogP contribution in [-0.4, -0.2) is 21.7 Å². The molecule has 0 spiro atoms. The van der Waals surface area contributed by atoms with Crippen molar-refractivity contribution in [1.82, 2.24) is 15.4 Å². The first-order chi connectivity index (χ1) is 21.8. The van der Waals surface area contributed by atoms with Gasteiger partial charge in [0.25, 0.3) is 5.91 Å². The first-order valence-corrected chi connectivity index (χ1v) is 15.4. The van der Waals surface area contributed by atoms with Gasteiger partial charge in [-0.2, -0.15) is 5.10 Å². The molecule has 0 aliphatic heterocycles. The molecule has 0 radical (unpaired) electrons. The molecule has 0 aliphatic rings. The maximum atomic E-state index is 13.6. The fraction of sp³-hybridized carbons (Fsp3) is 0. The van der Waals surface area contributed by atoms with E-state index in [-0.39, 0.29) is 5.91 Å². The van der Waals surface area contributed by atoms with Crippen molar-refractivity contribution >= 4 is 47.2 Å². The number of nitrogens with one attached hydrogen (secondary N) is 2. The van der Waals surface area contributed by atoms with Gasteiger partial charge in [0.15, 0.2) is 11.7 Å². The van der Waals surface area contributed by atoms with Crippen LogP contribution in [0, 0.1) is 0 Å². The van der Waals surface area contributed by atoms with Gasteiger partial charge in [-0.1, -0.05) is 115 Å². The Kier molecular flexibility index (Phi) is 9.07. The number of hydrogen-bond acceptors (Lipinski definition) is 5. The van der Waals surface area contributed by atoms with Gasteiger partial charge < -0.3 is 0 Å². The van der Waals surface area contributed by atoms with Crippen LogP contribution < -0.4 is 31.8 Å². The summed E-state index contributed by atoms with van der Waals surface area (Å²) >= 11 is 0. The molecule has 1 amide bonds. The summed E-state index contributed by atoms with van der Waals surface area (Å²) in [6.45, 7) is 0.